The van der Waals surface area contributed by atoms with E-state index < -0.39 is 10.0 Å². The van der Waals surface area contributed by atoms with Crippen LogP contribution in [0.2, 0.25) is 5.02 Å². The van der Waals surface area contributed by atoms with Crippen molar-refractivity contribution < 1.29 is 8.42 Å². The van der Waals surface area contributed by atoms with E-state index in [9.17, 15) is 8.42 Å². The van der Waals surface area contributed by atoms with Gasteiger partial charge >= 0.3 is 0 Å². The SMILES string of the molecule is NCc1cc(S(=O)(=O)NC2CCN(C3CC3)C2)ccc1Cl. The van der Waals surface area contributed by atoms with Gasteiger partial charge in [-0.25, -0.2) is 13.1 Å². The lowest BCUT2D eigenvalue weighted by Gasteiger charge is -2.16. The van der Waals surface area contributed by atoms with Crippen molar-refractivity contribution in [2.24, 2.45) is 5.73 Å². The summed E-state index contributed by atoms with van der Waals surface area (Å²) in [7, 11) is -3.51. The van der Waals surface area contributed by atoms with Gasteiger partial charge < -0.3 is 5.73 Å². The first-order chi connectivity index (χ1) is 9.99. The van der Waals surface area contributed by atoms with E-state index in [2.05, 4.69) is 9.62 Å². The van der Waals surface area contributed by atoms with Gasteiger partial charge in [0.15, 0.2) is 0 Å². The Balaban J connectivity index is 1.71. The van der Waals surface area contributed by atoms with Crippen LogP contribution in [0.4, 0.5) is 0 Å². The molecule has 2 aliphatic rings. The molecule has 0 radical (unpaired) electrons. The molecule has 0 spiro atoms. The van der Waals surface area contributed by atoms with Gasteiger partial charge in [0.05, 0.1) is 4.90 Å². The molecule has 1 atom stereocenters. The van der Waals surface area contributed by atoms with Gasteiger partial charge in [0.1, 0.15) is 0 Å². The number of hydrogen-bond donors (Lipinski definition) is 2. The van der Waals surface area contributed by atoms with E-state index in [1.165, 1.54) is 18.9 Å². The average molecular weight is 330 g/mol. The summed E-state index contributed by atoms with van der Waals surface area (Å²) in [4.78, 5) is 2.61. The Morgan fingerprint density at radius 3 is 2.76 bits per heavy atom. The number of halogens is 1. The minimum absolute atomic E-state index is 0.00685. The Labute approximate surface area is 130 Å². The number of sulfonamides is 1. The minimum Gasteiger partial charge on any atom is -0.326 e. The molecule has 1 saturated heterocycles. The molecule has 3 N–H and O–H groups in total. The molecule has 7 heteroatoms. The Kier molecular flexibility index (Phi) is 4.25. The lowest BCUT2D eigenvalue weighted by Crippen LogP contribution is -2.37. The van der Waals surface area contributed by atoms with E-state index >= 15 is 0 Å². The zero-order valence-electron chi connectivity index (χ0n) is 11.8. The van der Waals surface area contributed by atoms with E-state index in [1.807, 2.05) is 0 Å². The summed E-state index contributed by atoms with van der Waals surface area (Å²) in [6.07, 6.45) is 3.36. The molecule has 1 heterocycles. The third-order valence-electron chi connectivity index (χ3n) is 4.15. The Bertz CT molecular complexity index is 631. The van der Waals surface area contributed by atoms with E-state index in [0.29, 0.717) is 16.6 Å². The molecule has 5 nitrogen and oxygen atoms in total. The van der Waals surface area contributed by atoms with Crippen LogP contribution in [0.5, 0.6) is 0 Å². The van der Waals surface area contributed by atoms with Crippen molar-refractivity contribution in [1.82, 2.24) is 9.62 Å². The second-order valence-corrected chi connectivity index (χ2v) is 7.91. The fourth-order valence-electron chi connectivity index (χ4n) is 2.82. The maximum atomic E-state index is 12.4. The second kappa shape index (κ2) is 5.85. The first-order valence-corrected chi connectivity index (χ1v) is 9.10. The molecule has 1 unspecified atom stereocenters. The molecule has 1 aliphatic carbocycles. The monoisotopic (exact) mass is 329 g/mol. The topological polar surface area (TPSA) is 75.4 Å². The van der Waals surface area contributed by atoms with Crippen molar-refractivity contribution in [1.29, 1.82) is 0 Å². The lowest BCUT2D eigenvalue weighted by molar-refractivity contribution is 0.322. The molecule has 3 rings (SSSR count). The zero-order chi connectivity index (χ0) is 15.0. The van der Waals surface area contributed by atoms with Gasteiger partial charge in [-0.2, -0.15) is 0 Å². The summed E-state index contributed by atoms with van der Waals surface area (Å²) >= 11 is 5.98. The summed E-state index contributed by atoms with van der Waals surface area (Å²) in [5.41, 5.74) is 6.22. The molecule has 2 fully saturated rings. The largest absolute Gasteiger partial charge is 0.326 e. The van der Waals surface area contributed by atoms with Crippen LogP contribution in [0.15, 0.2) is 23.1 Å². The first-order valence-electron chi connectivity index (χ1n) is 7.24. The normalized spacial score (nSPS) is 23.6. The molecular formula is C14H20ClN3O2S. The summed E-state index contributed by atoms with van der Waals surface area (Å²) in [6.45, 7) is 2.01. The van der Waals surface area contributed by atoms with Crippen LogP contribution < -0.4 is 10.5 Å². The highest BCUT2D eigenvalue weighted by Crippen LogP contribution is 2.30. The van der Waals surface area contributed by atoms with E-state index in [-0.39, 0.29) is 17.5 Å². The highest BCUT2D eigenvalue weighted by molar-refractivity contribution is 7.89. The number of nitrogens with zero attached hydrogens (tertiary/aromatic N) is 1. The van der Waals surface area contributed by atoms with Crippen molar-refractivity contribution in [2.45, 2.75) is 42.8 Å². The fourth-order valence-corrected chi connectivity index (χ4v) is 4.32. The van der Waals surface area contributed by atoms with Gasteiger partial charge in [-0.1, -0.05) is 11.6 Å². The fraction of sp³-hybridized carbons (Fsp3) is 0.571. The van der Waals surface area contributed by atoms with E-state index in [0.717, 1.165) is 19.5 Å². The number of rotatable bonds is 5. The molecule has 1 aromatic rings. The van der Waals surface area contributed by atoms with Gasteiger partial charge in [0.2, 0.25) is 10.0 Å². The molecule has 1 aliphatic heterocycles. The van der Waals surface area contributed by atoms with Gasteiger partial charge in [0, 0.05) is 36.7 Å². The second-order valence-electron chi connectivity index (χ2n) is 5.79. The van der Waals surface area contributed by atoms with Crippen LogP contribution in [-0.2, 0) is 16.6 Å². The summed E-state index contributed by atoms with van der Waals surface area (Å²) in [5, 5.41) is 0.497. The number of hydrogen-bond acceptors (Lipinski definition) is 4. The van der Waals surface area contributed by atoms with Crippen LogP contribution in [0.1, 0.15) is 24.8 Å². The Morgan fingerprint density at radius 2 is 2.10 bits per heavy atom. The number of benzene rings is 1. The van der Waals surface area contributed by atoms with Gasteiger partial charge in [-0.15, -0.1) is 0 Å². The molecule has 0 bridgehead atoms. The maximum absolute atomic E-state index is 12.4. The first kappa shape index (κ1) is 15.2. The molecule has 0 aromatic heterocycles. The lowest BCUT2D eigenvalue weighted by atomic mass is 10.2. The summed E-state index contributed by atoms with van der Waals surface area (Å²) < 4.78 is 27.7. The van der Waals surface area contributed by atoms with Gasteiger partial charge in [-0.05, 0) is 43.0 Å². The predicted octanol–water partition coefficient (Wildman–Crippen LogP) is 1.31. The highest BCUT2D eigenvalue weighted by atomic mass is 35.5. The summed E-state index contributed by atoms with van der Waals surface area (Å²) in [6, 6.07) is 5.34. The smallest absolute Gasteiger partial charge is 0.240 e. The van der Waals surface area contributed by atoms with E-state index in [4.69, 9.17) is 17.3 Å². The van der Waals surface area contributed by atoms with Crippen molar-refractivity contribution in [3.05, 3.63) is 28.8 Å². The van der Waals surface area contributed by atoms with Gasteiger partial charge in [0.25, 0.3) is 0 Å². The van der Waals surface area contributed by atoms with Crippen molar-refractivity contribution in [2.75, 3.05) is 13.1 Å². The van der Waals surface area contributed by atoms with E-state index in [1.54, 1.807) is 12.1 Å². The quantitative estimate of drug-likeness (QED) is 0.854. The third kappa shape index (κ3) is 3.40. The number of nitrogens with one attached hydrogen (secondary N) is 1. The van der Waals surface area contributed by atoms with Crippen molar-refractivity contribution in [3.8, 4) is 0 Å². The van der Waals surface area contributed by atoms with Crippen molar-refractivity contribution in [3.63, 3.8) is 0 Å². The average Bonchev–Trinajstić information content (AvgIpc) is 3.20. The molecular weight excluding hydrogens is 310 g/mol. The molecule has 116 valence electrons. The molecule has 1 saturated carbocycles. The van der Waals surface area contributed by atoms with Crippen molar-refractivity contribution >= 4 is 21.6 Å². The summed E-state index contributed by atoms with van der Waals surface area (Å²) in [5.74, 6) is 0. The predicted molar refractivity (Wildman–Crippen MR) is 82.7 cm³/mol. The van der Waals surface area contributed by atoms with Crippen LogP contribution in [-0.4, -0.2) is 38.5 Å². The maximum Gasteiger partial charge on any atom is 0.240 e. The van der Waals surface area contributed by atoms with Crippen LogP contribution in [0.25, 0.3) is 0 Å². The third-order valence-corrected chi connectivity index (χ3v) is 6.04. The molecule has 21 heavy (non-hydrogen) atoms. The van der Waals surface area contributed by atoms with Crippen LogP contribution in [0, 0.1) is 0 Å². The van der Waals surface area contributed by atoms with Crippen LogP contribution in [0.3, 0.4) is 0 Å². The Morgan fingerprint density at radius 1 is 1.33 bits per heavy atom. The minimum atomic E-state index is -3.51. The standard InChI is InChI=1S/C14H20ClN3O2S/c15-14-4-3-13(7-10(14)8-16)21(19,20)17-11-5-6-18(9-11)12-1-2-12/h3-4,7,11-12,17H,1-2,5-6,8-9,16H2. The van der Waals surface area contributed by atoms with Gasteiger partial charge in [-0.3, -0.25) is 4.90 Å². The highest BCUT2D eigenvalue weighted by Gasteiger charge is 2.35. The van der Waals surface area contributed by atoms with Crippen LogP contribution >= 0.6 is 11.6 Å². The number of likely N-dealkylation sites (tertiary alicyclic amines) is 1. The number of nitrogens with two attached hydrogens (primary N) is 1. The zero-order valence-corrected chi connectivity index (χ0v) is 13.3. The molecule has 0 amide bonds. The molecule has 1 aromatic carbocycles. The Hall–Kier alpha value is -0.660.